The van der Waals surface area contributed by atoms with Crippen LogP contribution < -0.4 is 0 Å². The van der Waals surface area contributed by atoms with Gasteiger partial charge in [-0.25, -0.2) is 0 Å². The standard InChI is InChI=1S/C20H27N3O/c1-16-3-4-17(2)19(13-16)20(24)15-23-11-9-22(10-12-23)14-18-5-7-21-8-6-18/h3-8,13,20,24H,9-12,14-15H2,1-2H3. The first-order chi connectivity index (χ1) is 11.6. The van der Waals surface area contributed by atoms with Crippen LogP contribution in [0.4, 0.5) is 0 Å². The third kappa shape index (κ3) is 4.41. The summed E-state index contributed by atoms with van der Waals surface area (Å²) in [6, 6.07) is 10.5. The average Bonchev–Trinajstić information content (AvgIpc) is 2.59. The molecule has 1 N–H and O–H groups in total. The second-order valence-electron chi connectivity index (χ2n) is 6.81. The van der Waals surface area contributed by atoms with Crippen LogP contribution in [-0.4, -0.2) is 52.6 Å². The van der Waals surface area contributed by atoms with Gasteiger partial charge in [-0.05, 0) is 42.7 Å². The van der Waals surface area contributed by atoms with Crippen LogP contribution in [0.3, 0.4) is 0 Å². The number of pyridine rings is 1. The van der Waals surface area contributed by atoms with Gasteiger partial charge in [0.1, 0.15) is 0 Å². The predicted octanol–water partition coefficient (Wildman–Crippen LogP) is 2.55. The van der Waals surface area contributed by atoms with Crippen molar-refractivity contribution >= 4 is 0 Å². The minimum absolute atomic E-state index is 0.406. The molecule has 1 aromatic heterocycles. The fraction of sp³-hybridized carbons (Fsp3) is 0.450. The summed E-state index contributed by atoms with van der Waals surface area (Å²) in [6.45, 7) is 9.95. The molecule has 0 spiro atoms. The lowest BCUT2D eigenvalue weighted by molar-refractivity contribution is 0.0698. The minimum Gasteiger partial charge on any atom is -0.387 e. The fourth-order valence-corrected chi connectivity index (χ4v) is 3.34. The van der Waals surface area contributed by atoms with E-state index in [1.165, 1.54) is 16.7 Å². The number of hydrogen-bond donors (Lipinski definition) is 1. The molecule has 1 aliphatic rings. The molecular weight excluding hydrogens is 298 g/mol. The zero-order valence-corrected chi connectivity index (χ0v) is 14.7. The van der Waals surface area contributed by atoms with Crippen molar-refractivity contribution in [2.75, 3.05) is 32.7 Å². The molecule has 3 rings (SSSR count). The molecule has 0 saturated carbocycles. The Hall–Kier alpha value is -1.75. The van der Waals surface area contributed by atoms with Crippen molar-refractivity contribution in [3.8, 4) is 0 Å². The largest absolute Gasteiger partial charge is 0.387 e. The van der Waals surface area contributed by atoms with Crippen LogP contribution in [0, 0.1) is 13.8 Å². The quantitative estimate of drug-likeness (QED) is 0.917. The van der Waals surface area contributed by atoms with Gasteiger partial charge >= 0.3 is 0 Å². The van der Waals surface area contributed by atoms with E-state index >= 15 is 0 Å². The number of rotatable bonds is 5. The van der Waals surface area contributed by atoms with Gasteiger partial charge in [0.15, 0.2) is 0 Å². The molecule has 2 heterocycles. The third-order valence-corrected chi connectivity index (χ3v) is 4.85. The molecule has 0 amide bonds. The van der Waals surface area contributed by atoms with Crippen molar-refractivity contribution < 1.29 is 5.11 Å². The molecule has 0 bridgehead atoms. The lowest BCUT2D eigenvalue weighted by Gasteiger charge is -2.35. The molecule has 4 heteroatoms. The average molecular weight is 325 g/mol. The fourth-order valence-electron chi connectivity index (χ4n) is 3.34. The topological polar surface area (TPSA) is 39.6 Å². The summed E-state index contributed by atoms with van der Waals surface area (Å²) in [7, 11) is 0. The SMILES string of the molecule is Cc1ccc(C)c(C(O)CN2CCN(Cc3ccncc3)CC2)c1. The molecule has 1 fully saturated rings. The van der Waals surface area contributed by atoms with Gasteiger partial charge in [-0.1, -0.05) is 23.8 Å². The Kier molecular flexibility index (Phi) is 5.61. The van der Waals surface area contributed by atoms with Crippen LogP contribution >= 0.6 is 0 Å². The summed E-state index contributed by atoms with van der Waals surface area (Å²) >= 11 is 0. The zero-order valence-electron chi connectivity index (χ0n) is 14.7. The molecular formula is C20H27N3O. The van der Waals surface area contributed by atoms with Gasteiger partial charge in [0.05, 0.1) is 6.10 Å². The molecule has 2 aromatic rings. The summed E-state index contributed by atoms with van der Waals surface area (Å²) < 4.78 is 0. The number of β-amino-alcohol motifs (C(OH)–C–C–N with tert-alkyl or cyclic N) is 1. The highest BCUT2D eigenvalue weighted by molar-refractivity contribution is 5.32. The van der Waals surface area contributed by atoms with Crippen LogP contribution in [0.1, 0.15) is 28.4 Å². The highest BCUT2D eigenvalue weighted by Crippen LogP contribution is 2.21. The number of hydrogen-bond acceptors (Lipinski definition) is 4. The first-order valence-corrected chi connectivity index (χ1v) is 8.70. The molecule has 24 heavy (non-hydrogen) atoms. The number of aliphatic hydroxyl groups is 1. The van der Waals surface area contributed by atoms with Gasteiger partial charge in [0, 0.05) is 51.7 Å². The predicted molar refractivity (Wildman–Crippen MR) is 96.8 cm³/mol. The molecule has 1 aliphatic heterocycles. The maximum Gasteiger partial charge on any atom is 0.0919 e. The second-order valence-corrected chi connectivity index (χ2v) is 6.81. The minimum atomic E-state index is -0.406. The number of aliphatic hydroxyl groups excluding tert-OH is 1. The summed E-state index contributed by atoms with van der Waals surface area (Å²) in [5.74, 6) is 0. The highest BCUT2D eigenvalue weighted by Gasteiger charge is 2.20. The van der Waals surface area contributed by atoms with Gasteiger partial charge in [-0.2, -0.15) is 0 Å². The van der Waals surface area contributed by atoms with Crippen molar-refractivity contribution in [3.63, 3.8) is 0 Å². The molecule has 0 aliphatic carbocycles. The van der Waals surface area contributed by atoms with Crippen molar-refractivity contribution in [3.05, 3.63) is 65.0 Å². The summed E-state index contributed by atoms with van der Waals surface area (Å²) in [4.78, 5) is 8.91. The Balaban J connectivity index is 1.51. The highest BCUT2D eigenvalue weighted by atomic mass is 16.3. The lowest BCUT2D eigenvalue weighted by atomic mass is 10.0. The molecule has 1 unspecified atom stereocenters. The maximum atomic E-state index is 10.6. The van der Waals surface area contributed by atoms with E-state index < -0.39 is 6.10 Å². The van der Waals surface area contributed by atoms with Gasteiger partial charge < -0.3 is 5.11 Å². The number of nitrogens with zero attached hydrogens (tertiary/aromatic N) is 3. The van der Waals surface area contributed by atoms with Gasteiger partial charge in [-0.15, -0.1) is 0 Å². The maximum absolute atomic E-state index is 10.6. The van der Waals surface area contributed by atoms with E-state index in [9.17, 15) is 5.11 Å². The van der Waals surface area contributed by atoms with E-state index in [1.807, 2.05) is 12.4 Å². The Morgan fingerprint density at radius 2 is 1.67 bits per heavy atom. The molecule has 1 aromatic carbocycles. The van der Waals surface area contributed by atoms with Gasteiger partial charge in [-0.3, -0.25) is 14.8 Å². The lowest BCUT2D eigenvalue weighted by Crippen LogP contribution is -2.47. The van der Waals surface area contributed by atoms with Crippen LogP contribution in [0.25, 0.3) is 0 Å². The van der Waals surface area contributed by atoms with Crippen molar-refractivity contribution in [1.82, 2.24) is 14.8 Å². The molecule has 0 radical (unpaired) electrons. The number of benzene rings is 1. The summed E-state index contributed by atoms with van der Waals surface area (Å²) in [5.41, 5.74) is 4.75. The molecule has 128 valence electrons. The smallest absolute Gasteiger partial charge is 0.0919 e. The molecule has 1 atom stereocenters. The Bertz CT molecular complexity index is 651. The van der Waals surface area contributed by atoms with Crippen LogP contribution in [0.15, 0.2) is 42.7 Å². The Morgan fingerprint density at radius 1 is 1.00 bits per heavy atom. The Morgan fingerprint density at radius 3 is 2.38 bits per heavy atom. The molecule has 1 saturated heterocycles. The van der Waals surface area contributed by atoms with E-state index in [4.69, 9.17) is 0 Å². The van der Waals surface area contributed by atoms with Gasteiger partial charge in [0.2, 0.25) is 0 Å². The molecule has 4 nitrogen and oxygen atoms in total. The van der Waals surface area contributed by atoms with Gasteiger partial charge in [0.25, 0.3) is 0 Å². The van der Waals surface area contributed by atoms with E-state index in [0.717, 1.165) is 38.3 Å². The number of aryl methyl sites for hydroxylation is 2. The number of piperazine rings is 1. The van der Waals surface area contributed by atoms with Crippen LogP contribution in [0.2, 0.25) is 0 Å². The second kappa shape index (κ2) is 7.88. The van der Waals surface area contributed by atoms with Crippen molar-refractivity contribution in [1.29, 1.82) is 0 Å². The van der Waals surface area contributed by atoms with Crippen molar-refractivity contribution in [2.45, 2.75) is 26.5 Å². The van der Waals surface area contributed by atoms with E-state index in [1.54, 1.807) is 0 Å². The first kappa shape index (κ1) is 17.1. The van der Waals surface area contributed by atoms with E-state index in [2.05, 4.69) is 59.0 Å². The summed E-state index contributed by atoms with van der Waals surface area (Å²) in [5, 5.41) is 10.6. The first-order valence-electron chi connectivity index (χ1n) is 8.70. The van der Waals surface area contributed by atoms with E-state index in [0.29, 0.717) is 6.54 Å². The van der Waals surface area contributed by atoms with Crippen LogP contribution in [0.5, 0.6) is 0 Å². The monoisotopic (exact) mass is 325 g/mol. The van der Waals surface area contributed by atoms with Crippen molar-refractivity contribution in [2.24, 2.45) is 0 Å². The normalized spacial score (nSPS) is 17.8. The third-order valence-electron chi connectivity index (χ3n) is 4.85. The van der Waals surface area contributed by atoms with Crippen LogP contribution in [-0.2, 0) is 6.54 Å². The number of aromatic nitrogens is 1. The zero-order chi connectivity index (χ0) is 16.9. The van der Waals surface area contributed by atoms with E-state index in [-0.39, 0.29) is 0 Å². The summed E-state index contributed by atoms with van der Waals surface area (Å²) in [6.07, 6.45) is 3.30. The Labute approximate surface area is 144 Å².